The molecule has 1 fully saturated rings. The number of nitrogens with one attached hydrogen (secondary N) is 1. The standard InChI is InChI=1S/C18H21ClN2O3/c19-14-3-1-2-13-12(14)4-5-15(13)20-18(22)17-10-16(21-24-17)11-6-8-23-9-7-11/h1-3,11,15,17H,4-10H2,(H,20,22)/t15-,17?/m0/s1. The van der Waals surface area contributed by atoms with Crippen molar-refractivity contribution in [2.75, 3.05) is 13.2 Å². The van der Waals surface area contributed by atoms with Crippen LogP contribution < -0.4 is 5.32 Å². The molecule has 5 nitrogen and oxygen atoms in total. The van der Waals surface area contributed by atoms with Gasteiger partial charge in [-0.15, -0.1) is 0 Å². The molecule has 1 aliphatic carbocycles. The zero-order valence-corrected chi connectivity index (χ0v) is 14.2. The number of rotatable bonds is 3. The van der Waals surface area contributed by atoms with E-state index in [2.05, 4.69) is 10.5 Å². The average Bonchev–Trinajstić information content (AvgIpc) is 3.24. The van der Waals surface area contributed by atoms with Gasteiger partial charge >= 0.3 is 0 Å². The SMILES string of the molecule is O=C(N[C@H]1CCc2c(Cl)cccc21)C1CC(C2CCOCC2)=NO1. The number of carbonyl (C=O) groups excluding carboxylic acids is 1. The summed E-state index contributed by atoms with van der Waals surface area (Å²) in [5.74, 6) is 0.307. The van der Waals surface area contributed by atoms with Gasteiger partial charge in [-0.1, -0.05) is 28.9 Å². The number of fused-ring (bicyclic) bond motifs is 1. The van der Waals surface area contributed by atoms with Gasteiger partial charge in [-0.2, -0.15) is 0 Å². The number of halogens is 1. The van der Waals surface area contributed by atoms with Crippen LogP contribution in [0.1, 0.15) is 42.9 Å². The molecule has 2 heterocycles. The summed E-state index contributed by atoms with van der Waals surface area (Å²) >= 11 is 6.24. The van der Waals surface area contributed by atoms with E-state index in [4.69, 9.17) is 21.2 Å². The highest BCUT2D eigenvalue weighted by Gasteiger charge is 2.35. The van der Waals surface area contributed by atoms with Crippen LogP contribution in [0.5, 0.6) is 0 Å². The van der Waals surface area contributed by atoms with Gasteiger partial charge in [0.15, 0.2) is 0 Å². The van der Waals surface area contributed by atoms with Crippen LogP contribution in [0, 0.1) is 5.92 Å². The first kappa shape index (κ1) is 15.9. The number of amides is 1. The van der Waals surface area contributed by atoms with E-state index in [9.17, 15) is 4.79 Å². The fourth-order valence-corrected chi connectivity index (χ4v) is 4.11. The van der Waals surface area contributed by atoms with E-state index >= 15 is 0 Å². The van der Waals surface area contributed by atoms with E-state index in [0.29, 0.717) is 12.3 Å². The fraction of sp³-hybridized carbons (Fsp3) is 0.556. The Bertz CT molecular complexity index is 670. The number of hydrogen-bond acceptors (Lipinski definition) is 4. The van der Waals surface area contributed by atoms with E-state index in [-0.39, 0.29) is 11.9 Å². The van der Waals surface area contributed by atoms with Gasteiger partial charge in [-0.3, -0.25) is 4.79 Å². The monoisotopic (exact) mass is 348 g/mol. The third-order valence-electron chi connectivity index (χ3n) is 5.21. The van der Waals surface area contributed by atoms with Gasteiger partial charge in [0.1, 0.15) is 0 Å². The third-order valence-corrected chi connectivity index (χ3v) is 5.56. The van der Waals surface area contributed by atoms with Crippen LogP contribution in [0.15, 0.2) is 23.4 Å². The van der Waals surface area contributed by atoms with Crippen molar-refractivity contribution < 1.29 is 14.4 Å². The Kier molecular flexibility index (Phi) is 4.46. The summed E-state index contributed by atoms with van der Waals surface area (Å²) in [5, 5.41) is 8.06. The molecule has 0 aromatic heterocycles. The second kappa shape index (κ2) is 6.73. The molecule has 1 saturated heterocycles. The van der Waals surface area contributed by atoms with Crippen LogP contribution in [-0.2, 0) is 20.8 Å². The number of benzene rings is 1. The number of ether oxygens (including phenoxy) is 1. The Morgan fingerprint density at radius 1 is 1.25 bits per heavy atom. The molecule has 0 radical (unpaired) electrons. The van der Waals surface area contributed by atoms with Crippen LogP contribution >= 0.6 is 11.6 Å². The fourth-order valence-electron chi connectivity index (χ4n) is 3.83. The highest BCUT2D eigenvalue weighted by Crippen LogP contribution is 2.35. The first-order valence-corrected chi connectivity index (χ1v) is 8.98. The van der Waals surface area contributed by atoms with Crippen molar-refractivity contribution >= 4 is 23.2 Å². The van der Waals surface area contributed by atoms with Gasteiger partial charge in [-0.25, -0.2) is 0 Å². The lowest BCUT2D eigenvalue weighted by Crippen LogP contribution is -2.37. The molecule has 128 valence electrons. The van der Waals surface area contributed by atoms with Gasteiger partial charge in [0.05, 0.1) is 11.8 Å². The summed E-state index contributed by atoms with van der Waals surface area (Å²) in [7, 11) is 0. The van der Waals surface area contributed by atoms with E-state index < -0.39 is 6.10 Å². The maximum absolute atomic E-state index is 12.6. The van der Waals surface area contributed by atoms with Gasteiger partial charge < -0.3 is 14.9 Å². The van der Waals surface area contributed by atoms with Crippen LogP contribution in [0.4, 0.5) is 0 Å². The first-order chi connectivity index (χ1) is 11.7. The lowest BCUT2D eigenvalue weighted by molar-refractivity contribution is -0.131. The van der Waals surface area contributed by atoms with Crippen LogP contribution in [0.25, 0.3) is 0 Å². The molecular formula is C18H21ClN2O3. The van der Waals surface area contributed by atoms with Crippen molar-refractivity contribution in [3.8, 4) is 0 Å². The molecule has 1 amide bonds. The first-order valence-electron chi connectivity index (χ1n) is 8.60. The molecule has 1 unspecified atom stereocenters. The Balaban J connectivity index is 1.36. The second-order valence-electron chi connectivity index (χ2n) is 6.67. The smallest absolute Gasteiger partial charge is 0.264 e. The molecule has 2 atom stereocenters. The zero-order valence-electron chi connectivity index (χ0n) is 13.5. The Morgan fingerprint density at radius 2 is 2.08 bits per heavy atom. The summed E-state index contributed by atoms with van der Waals surface area (Å²) < 4.78 is 5.38. The van der Waals surface area contributed by atoms with Crippen LogP contribution in [-0.4, -0.2) is 30.9 Å². The summed E-state index contributed by atoms with van der Waals surface area (Å²) in [6.07, 6.45) is 3.79. The van der Waals surface area contributed by atoms with Crippen molar-refractivity contribution in [1.29, 1.82) is 0 Å². The summed E-state index contributed by atoms with van der Waals surface area (Å²) in [4.78, 5) is 18.0. The lowest BCUT2D eigenvalue weighted by Gasteiger charge is -2.21. The minimum atomic E-state index is -0.508. The minimum absolute atomic E-state index is 0.0157. The van der Waals surface area contributed by atoms with Crippen molar-refractivity contribution in [2.24, 2.45) is 11.1 Å². The highest BCUT2D eigenvalue weighted by molar-refractivity contribution is 6.31. The molecule has 1 aromatic rings. The van der Waals surface area contributed by atoms with Crippen molar-refractivity contribution in [3.05, 3.63) is 34.3 Å². The average molecular weight is 349 g/mol. The third kappa shape index (κ3) is 3.03. The summed E-state index contributed by atoms with van der Waals surface area (Å²) in [6.45, 7) is 1.53. The van der Waals surface area contributed by atoms with Crippen LogP contribution in [0.3, 0.4) is 0 Å². The van der Waals surface area contributed by atoms with Crippen molar-refractivity contribution in [2.45, 2.75) is 44.2 Å². The van der Waals surface area contributed by atoms with Crippen molar-refractivity contribution in [1.82, 2.24) is 5.32 Å². The largest absolute Gasteiger partial charge is 0.382 e. The zero-order chi connectivity index (χ0) is 16.5. The maximum atomic E-state index is 12.6. The van der Waals surface area contributed by atoms with Gasteiger partial charge in [-0.05, 0) is 42.9 Å². The summed E-state index contributed by atoms with van der Waals surface area (Å²) in [6, 6.07) is 5.89. The number of carbonyl (C=O) groups is 1. The van der Waals surface area contributed by atoms with E-state index in [1.807, 2.05) is 18.2 Å². The highest BCUT2D eigenvalue weighted by atomic mass is 35.5. The molecule has 0 spiro atoms. The second-order valence-corrected chi connectivity index (χ2v) is 7.08. The predicted molar refractivity (Wildman–Crippen MR) is 91.1 cm³/mol. The van der Waals surface area contributed by atoms with E-state index in [1.54, 1.807) is 0 Å². The van der Waals surface area contributed by atoms with Crippen molar-refractivity contribution in [3.63, 3.8) is 0 Å². The maximum Gasteiger partial charge on any atom is 0.264 e. The van der Waals surface area contributed by atoms with Gasteiger partial charge in [0.2, 0.25) is 6.10 Å². The number of hydrogen-bond donors (Lipinski definition) is 1. The quantitative estimate of drug-likeness (QED) is 0.913. The molecule has 6 heteroatoms. The van der Waals surface area contributed by atoms with Crippen LogP contribution in [0.2, 0.25) is 5.02 Å². The molecule has 0 bridgehead atoms. The normalized spacial score (nSPS) is 26.6. The molecule has 2 aliphatic heterocycles. The molecule has 4 rings (SSSR count). The Hall–Kier alpha value is -1.59. The number of nitrogens with zero attached hydrogens (tertiary/aromatic N) is 1. The van der Waals surface area contributed by atoms with Gasteiger partial charge in [0.25, 0.3) is 5.91 Å². The lowest BCUT2D eigenvalue weighted by atomic mass is 9.91. The predicted octanol–water partition coefficient (Wildman–Crippen LogP) is 3.02. The summed E-state index contributed by atoms with van der Waals surface area (Å²) in [5.41, 5.74) is 3.28. The molecule has 3 aliphatic rings. The Morgan fingerprint density at radius 3 is 2.92 bits per heavy atom. The molecular weight excluding hydrogens is 328 g/mol. The Labute approximate surface area is 146 Å². The molecule has 0 saturated carbocycles. The minimum Gasteiger partial charge on any atom is -0.382 e. The van der Waals surface area contributed by atoms with E-state index in [0.717, 1.165) is 60.8 Å². The molecule has 24 heavy (non-hydrogen) atoms. The topological polar surface area (TPSA) is 59.9 Å². The number of oxime groups is 1. The molecule has 1 aromatic carbocycles. The van der Waals surface area contributed by atoms with Gasteiger partial charge in [0, 0.05) is 30.6 Å². The molecule has 1 N–H and O–H groups in total. The van der Waals surface area contributed by atoms with E-state index in [1.165, 1.54) is 0 Å².